The molecule has 11 heteroatoms. The fraction of sp³-hybridized carbons (Fsp3) is 0.111. The Labute approximate surface area is 169 Å². The molecule has 0 radical (unpaired) electrons. The van der Waals surface area contributed by atoms with E-state index in [2.05, 4.69) is 26.0 Å². The van der Waals surface area contributed by atoms with Gasteiger partial charge in [0.2, 0.25) is 11.1 Å². The minimum Gasteiger partial charge on any atom is -0.334 e. The zero-order chi connectivity index (χ0) is 20.8. The van der Waals surface area contributed by atoms with Crippen LogP contribution in [-0.2, 0) is 4.79 Å². The number of anilines is 2. The standard InChI is InChI=1S/C18H17F2N7OS/c1-11(12-5-3-2-4-6-12)23-24-17-25-26-18(27(17)21)29-10-16(28)22-15-8-7-13(19)9-14(15)20/h2-9H,10,21H2,1H3,(H,22,28)(H,24,25)/b23-11+. The van der Waals surface area contributed by atoms with Crippen molar-refractivity contribution >= 4 is 35.0 Å². The number of nitrogen functional groups attached to an aromatic ring is 1. The highest BCUT2D eigenvalue weighted by molar-refractivity contribution is 7.99. The number of hydrogen-bond acceptors (Lipinski definition) is 7. The van der Waals surface area contributed by atoms with Crippen molar-refractivity contribution in [3.8, 4) is 0 Å². The molecule has 4 N–H and O–H groups in total. The number of benzene rings is 2. The molecule has 0 bridgehead atoms. The largest absolute Gasteiger partial charge is 0.334 e. The van der Waals surface area contributed by atoms with Crippen LogP contribution in [0, 0.1) is 11.6 Å². The van der Waals surface area contributed by atoms with Gasteiger partial charge in [-0.25, -0.2) is 18.9 Å². The van der Waals surface area contributed by atoms with Crippen LogP contribution in [0.25, 0.3) is 0 Å². The Morgan fingerprint density at radius 3 is 2.69 bits per heavy atom. The molecule has 29 heavy (non-hydrogen) atoms. The number of nitrogens with zero attached hydrogens (tertiary/aromatic N) is 4. The highest BCUT2D eigenvalue weighted by Crippen LogP contribution is 2.19. The van der Waals surface area contributed by atoms with Gasteiger partial charge in [0, 0.05) is 6.07 Å². The summed E-state index contributed by atoms with van der Waals surface area (Å²) in [6.45, 7) is 1.83. The van der Waals surface area contributed by atoms with Crippen molar-refractivity contribution in [1.29, 1.82) is 0 Å². The zero-order valence-corrected chi connectivity index (χ0v) is 16.1. The van der Waals surface area contributed by atoms with Crippen LogP contribution in [-0.4, -0.2) is 32.2 Å². The SMILES string of the molecule is C/C(=N\Nc1nnc(SCC(=O)Nc2ccc(F)cc2F)n1N)c1ccccc1. The summed E-state index contributed by atoms with van der Waals surface area (Å²) in [6, 6.07) is 12.4. The molecule has 1 heterocycles. The Balaban J connectivity index is 1.57. The Kier molecular flexibility index (Phi) is 6.39. The predicted octanol–water partition coefficient (Wildman–Crippen LogP) is 2.84. The van der Waals surface area contributed by atoms with Crippen LogP contribution < -0.4 is 16.6 Å². The molecule has 0 saturated carbocycles. The molecular formula is C18H17F2N7OS. The van der Waals surface area contributed by atoms with Gasteiger partial charge < -0.3 is 11.2 Å². The highest BCUT2D eigenvalue weighted by atomic mass is 32.2. The lowest BCUT2D eigenvalue weighted by Gasteiger charge is -2.06. The van der Waals surface area contributed by atoms with E-state index in [0.29, 0.717) is 6.07 Å². The molecule has 150 valence electrons. The third kappa shape index (κ3) is 5.29. The molecule has 0 spiro atoms. The summed E-state index contributed by atoms with van der Waals surface area (Å²) in [5, 5.41) is 14.6. The Morgan fingerprint density at radius 1 is 1.21 bits per heavy atom. The number of halogens is 2. The number of hydrogen-bond donors (Lipinski definition) is 3. The van der Waals surface area contributed by atoms with E-state index in [1.807, 2.05) is 37.3 Å². The minimum absolute atomic E-state index is 0.0987. The van der Waals surface area contributed by atoms with E-state index in [1.54, 1.807) is 0 Å². The van der Waals surface area contributed by atoms with Gasteiger partial charge in [0.25, 0.3) is 5.95 Å². The first-order valence-corrected chi connectivity index (χ1v) is 9.36. The maximum absolute atomic E-state index is 13.6. The number of nitrogens with two attached hydrogens (primary N) is 1. The van der Waals surface area contributed by atoms with E-state index in [0.717, 1.165) is 39.8 Å². The summed E-state index contributed by atoms with van der Waals surface area (Å²) < 4.78 is 27.6. The normalized spacial score (nSPS) is 11.3. The van der Waals surface area contributed by atoms with Crippen molar-refractivity contribution in [2.45, 2.75) is 12.1 Å². The second-order valence-electron chi connectivity index (χ2n) is 5.81. The molecule has 8 nitrogen and oxygen atoms in total. The summed E-state index contributed by atoms with van der Waals surface area (Å²) >= 11 is 1.00. The molecule has 0 unspecified atom stereocenters. The molecule has 0 atom stereocenters. The summed E-state index contributed by atoms with van der Waals surface area (Å²) in [5.41, 5.74) is 4.27. The minimum atomic E-state index is -0.858. The monoisotopic (exact) mass is 417 g/mol. The van der Waals surface area contributed by atoms with Crippen LogP contribution in [0.2, 0.25) is 0 Å². The quantitative estimate of drug-likeness (QED) is 0.236. The van der Waals surface area contributed by atoms with Gasteiger partial charge in [-0.15, -0.1) is 10.2 Å². The van der Waals surface area contributed by atoms with Gasteiger partial charge >= 0.3 is 0 Å². The van der Waals surface area contributed by atoms with E-state index >= 15 is 0 Å². The van der Waals surface area contributed by atoms with Crippen molar-refractivity contribution in [2.75, 3.05) is 22.3 Å². The molecule has 0 aliphatic heterocycles. The lowest BCUT2D eigenvalue weighted by molar-refractivity contribution is -0.113. The summed E-state index contributed by atoms with van der Waals surface area (Å²) in [5.74, 6) is 3.92. The number of hydrazone groups is 1. The van der Waals surface area contributed by atoms with Gasteiger partial charge in [0.05, 0.1) is 17.2 Å². The van der Waals surface area contributed by atoms with Crippen LogP contribution >= 0.6 is 11.8 Å². The Morgan fingerprint density at radius 2 is 1.97 bits per heavy atom. The van der Waals surface area contributed by atoms with Crippen LogP contribution in [0.3, 0.4) is 0 Å². The van der Waals surface area contributed by atoms with Gasteiger partial charge in [0.1, 0.15) is 11.6 Å². The summed E-state index contributed by atoms with van der Waals surface area (Å²) in [6.07, 6.45) is 0. The zero-order valence-electron chi connectivity index (χ0n) is 15.3. The number of amides is 1. The van der Waals surface area contributed by atoms with Crippen molar-refractivity contribution in [3.05, 3.63) is 65.7 Å². The molecular weight excluding hydrogens is 400 g/mol. The first-order valence-electron chi connectivity index (χ1n) is 8.38. The molecule has 1 aromatic heterocycles. The molecule has 2 aromatic carbocycles. The van der Waals surface area contributed by atoms with E-state index in [9.17, 15) is 13.6 Å². The van der Waals surface area contributed by atoms with Crippen LogP contribution in [0.4, 0.5) is 20.4 Å². The summed E-state index contributed by atoms with van der Waals surface area (Å²) in [4.78, 5) is 12.0. The first-order chi connectivity index (χ1) is 13.9. The number of carbonyl (C=O) groups excluding carboxylic acids is 1. The number of nitrogens with one attached hydrogen (secondary N) is 2. The van der Waals surface area contributed by atoms with E-state index < -0.39 is 17.5 Å². The fourth-order valence-corrected chi connectivity index (χ4v) is 2.89. The molecule has 3 rings (SSSR count). The molecule has 0 fully saturated rings. The first kappa shape index (κ1) is 20.3. The van der Waals surface area contributed by atoms with Gasteiger partial charge in [-0.1, -0.05) is 42.1 Å². The Hall–Kier alpha value is -3.47. The maximum atomic E-state index is 13.6. The highest BCUT2D eigenvalue weighted by Gasteiger charge is 2.13. The smallest absolute Gasteiger partial charge is 0.264 e. The second-order valence-corrected chi connectivity index (χ2v) is 6.75. The van der Waals surface area contributed by atoms with E-state index in [4.69, 9.17) is 5.84 Å². The number of carbonyl (C=O) groups is 1. The lowest BCUT2D eigenvalue weighted by Crippen LogP contribution is -2.17. The lowest BCUT2D eigenvalue weighted by atomic mass is 10.1. The van der Waals surface area contributed by atoms with Gasteiger partial charge in [-0.3, -0.25) is 4.79 Å². The predicted molar refractivity (Wildman–Crippen MR) is 108 cm³/mol. The number of thioether (sulfide) groups is 1. The average Bonchev–Trinajstić information content (AvgIpc) is 3.07. The third-order valence-electron chi connectivity index (χ3n) is 3.72. The van der Waals surface area contributed by atoms with Gasteiger partial charge in [-0.2, -0.15) is 5.10 Å². The van der Waals surface area contributed by atoms with Crippen molar-refractivity contribution < 1.29 is 13.6 Å². The van der Waals surface area contributed by atoms with Gasteiger partial charge in [0.15, 0.2) is 0 Å². The average molecular weight is 417 g/mol. The van der Waals surface area contributed by atoms with Gasteiger partial charge in [-0.05, 0) is 24.6 Å². The topological polar surface area (TPSA) is 110 Å². The number of rotatable bonds is 7. The molecule has 3 aromatic rings. The van der Waals surface area contributed by atoms with Crippen LogP contribution in [0.5, 0.6) is 0 Å². The summed E-state index contributed by atoms with van der Waals surface area (Å²) in [7, 11) is 0. The van der Waals surface area contributed by atoms with Crippen LogP contribution in [0.1, 0.15) is 12.5 Å². The van der Waals surface area contributed by atoms with Crippen LogP contribution in [0.15, 0.2) is 58.8 Å². The Bertz CT molecular complexity index is 1040. The van der Waals surface area contributed by atoms with E-state index in [1.165, 1.54) is 0 Å². The maximum Gasteiger partial charge on any atom is 0.264 e. The van der Waals surface area contributed by atoms with Crippen molar-refractivity contribution in [2.24, 2.45) is 5.10 Å². The second kappa shape index (κ2) is 9.15. The molecule has 0 aliphatic carbocycles. The molecule has 1 amide bonds. The fourth-order valence-electron chi connectivity index (χ4n) is 2.24. The number of aromatic nitrogens is 3. The molecule has 0 aliphatic rings. The third-order valence-corrected chi connectivity index (χ3v) is 4.66. The van der Waals surface area contributed by atoms with Crippen molar-refractivity contribution in [3.63, 3.8) is 0 Å². The molecule has 0 saturated heterocycles. The van der Waals surface area contributed by atoms with E-state index in [-0.39, 0.29) is 22.5 Å². The van der Waals surface area contributed by atoms with Crippen molar-refractivity contribution in [1.82, 2.24) is 14.9 Å².